The van der Waals surface area contributed by atoms with Gasteiger partial charge in [0.15, 0.2) is 0 Å². The lowest BCUT2D eigenvalue weighted by molar-refractivity contribution is -0.0498. The average Bonchev–Trinajstić information content (AvgIpc) is 3.26. The summed E-state index contributed by atoms with van der Waals surface area (Å²) >= 11 is 5.86. The molecule has 1 aliphatic carbocycles. The Hall–Kier alpha value is -3.45. The van der Waals surface area contributed by atoms with Gasteiger partial charge in [-0.2, -0.15) is 18.6 Å². The van der Waals surface area contributed by atoms with Crippen molar-refractivity contribution in [2.45, 2.75) is 19.5 Å². The molecule has 1 heterocycles. The van der Waals surface area contributed by atoms with Gasteiger partial charge in [0, 0.05) is 16.9 Å². The van der Waals surface area contributed by atoms with E-state index in [9.17, 15) is 13.6 Å². The van der Waals surface area contributed by atoms with E-state index < -0.39 is 6.61 Å². The molecule has 0 saturated heterocycles. The van der Waals surface area contributed by atoms with Crippen LogP contribution in [0.15, 0.2) is 72.9 Å². The second kappa shape index (κ2) is 9.14. The van der Waals surface area contributed by atoms with Gasteiger partial charge in [-0.05, 0) is 78.1 Å². The lowest BCUT2D eigenvalue weighted by atomic mass is 9.92. The van der Waals surface area contributed by atoms with E-state index in [1.54, 1.807) is 48.7 Å². The standard InChI is InChI=1S/C23H18ClF2N3O2/c24-18-6-8-19(9-7-18)27-23(30)29-13-12-21(28-29)17-3-1-2-16(14-17)15-4-10-20(11-5-15)31-22(25)26/h3-14,22H,1-2H2,(H,27,30). The lowest BCUT2D eigenvalue weighted by Crippen LogP contribution is -2.20. The zero-order valence-corrected chi connectivity index (χ0v) is 17.0. The third-order valence-electron chi connectivity index (χ3n) is 4.75. The van der Waals surface area contributed by atoms with Crippen molar-refractivity contribution in [3.8, 4) is 5.75 Å². The number of carbonyl (C=O) groups is 1. The fourth-order valence-corrected chi connectivity index (χ4v) is 3.39. The molecule has 5 nitrogen and oxygen atoms in total. The van der Waals surface area contributed by atoms with Crippen molar-refractivity contribution in [3.63, 3.8) is 0 Å². The number of aromatic nitrogens is 2. The summed E-state index contributed by atoms with van der Waals surface area (Å²) in [5, 5.41) is 7.73. The topological polar surface area (TPSA) is 56.2 Å². The SMILES string of the molecule is O=C(Nc1ccc(Cl)cc1)n1ccc(C2=CCCC(c3ccc(OC(F)F)cc3)=C2)n1. The fraction of sp³-hybridized carbons (Fsp3) is 0.130. The van der Waals surface area contributed by atoms with E-state index in [2.05, 4.69) is 21.2 Å². The van der Waals surface area contributed by atoms with Crippen molar-refractivity contribution in [2.24, 2.45) is 0 Å². The minimum absolute atomic E-state index is 0.122. The summed E-state index contributed by atoms with van der Waals surface area (Å²) < 4.78 is 30.3. The summed E-state index contributed by atoms with van der Waals surface area (Å²) in [6.07, 6.45) is 7.27. The maximum Gasteiger partial charge on any atom is 0.387 e. The van der Waals surface area contributed by atoms with Gasteiger partial charge in [0.1, 0.15) is 5.75 Å². The molecule has 4 rings (SSSR count). The molecule has 0 atom stereocenters. The molecule has 0 spiro atoms. The predicted octanol–water partition coefficient (Wildman–Crippen LogP) is 6.48. The summed E-state index contributed by atoms with van der Waals surface area (Å²) in [5.74, 6) is 0.122. The normalized spacial score (nSPS) is 13.5. The van der Waals surface area contributed by atoms with Crippen molar-refractivity contribution < 1.29 is 18.3 Å². The highest BCUT2D eigenvalue weighted by Crippen LogP contribution is 2.31. The Bertz CT molecular complexity index is 1140. The van der Waals surface area contributed by atoms with Crippen molar-refractivity contribution in [1.29, 1.82) is 0 Å². The van der Waals surface area contributed by atoms with Gasteiger partial charge in [0.05, 0.1) is 5.69 Å². The van der Waals surface area contributed by atoms with E-state index in [1.165, 1.54) is 16.8 Å². The molecule has 0 fully saturated rings. The molecule has 3 aromatic rings. The highest BCUT2D eigenvalue weighted by atomic mass is 35.5. The summed E-state index contributed by atoms with van der Waals surface area (Å²) in [5.41, 5.74) is 4.16. The average molecular weight is 442 g/mol. The molecule has 158 valence electrons. The van der Waals surface area contributed by atoms with Crippen LogP contribution in [0.3, 0.4) is 0 Å². The van der Waals surface area contributed by atoms with Crippen LogP contribution in [-0.4, -0.2) is 22.4 Å². The fourth-order valence-electron chi connectivity index (χ4n) is 3.26. The van der Waals surface area contributed by atoms with Crippen LogP contribution in [0.1, 0.15) is 24.1 Å². The van der Waals surface area contributed by atoms with Crippen molar-refractivity contribution in [3.05, 3.63) is 89.2 Å². The van der Waals surface area contributed by atoms with E-state index in [4.69, 9.17) is 11.6 Å². The van der Waals surface area contributed by atoms with Gasteiger partial charge in [-0.1, -0.05) is 29.8 Å². The van der Waals surface area contributed by atoms with E-state index in [1.807, 2.05) is 6.08 Å². The molecule has 0 saturated carbocycles. The molecule has 0 unspecified atom stereocenters. The first-order valence-corrected chi connectivity index (χ1v) is 9.95. The molecule has 1 N–H and O–H groups in total. The van der Waals surface area contributed by atoms with E-state index in [0.29, 0.717) is 16.4 Å². The predicted molar refractivity (Wildman–Crippen MR) is 116 cm³/mol. The number of allylic oxidation sites excluding steroid dienone is 4. The van der Waals surface area contributed by atoms with Crippen LogP contribution in [0.2, 0.25) is 5.02 Å². The summed E-state index contributed by atoms with van der Waals surface area (Å²) in [6.45, 7) is -2.85. The number of benzene rings is 2. The van der Waals surface area contributed by atoms with Crippen LogP contribution in [0, 0.1) is 0 Å². The van der Waals surface area contributed by atoms with Gasteiger partial charge >= 0.3 is 12.6 Å². The first kappa shape index (κ1) is 20.8. The molecular formula is C23H18ClF2N3O2. The molecule has 1 aliphatic rings. The molecule has 8 heteroatoms. The Labute approximate surface area is 182 Å². The summed E-state index contributed by atoms with van der Waals surface area (Å²) in [7, 11) is 0. The Morgan fingerprint density at radius 1 is 1.10 bits per heavy atom. The first-order chi connectivity index (χ1) is 15.0. The number of carbonyl (C=O) groups excluding carboxylic acids is 1. The maximum absolute atomic E-state index is 12.4. The second-order valence-corrected chi connectivity index (χ2v) is 7.29. The van der Waals surface area contributed by atoms with Crippen LogP contribution in [-0.2, 0) is 0 Å². The van der Waals surface area contributed by atoms with Gasteiger partial charge in [-0.15, -0.1) is 0 Å². The van der Waals surface area contributed by atoms with Crippen LogP contribution in [0.4, 0.5) is 19.3 Å². The second-order valence-electron chi connectivity index (χ2n) is 6.85. The smallest absolute Gasteiger partial charge is 0.387 e. The number of nitrogens with one attached hydrogen (secondary N) is 1. The summed E-state index contributed by atoms with van der Waals surface area (Å²) in [6, 6.07) is 14.7. The van der Waals surface area contributed by atoms with Gasteiger partial charge in [0.25, 0.3) is 0 Å². The Morgan fingerprint density at radius 2 is 1.84 bits per heavy atom. The summed E-state index contributed by atoms with van der Waals surface area (Å²) in [4.78, 5) is 12.4. The quantitative estimate of drug-likeness (QED) is 0.493. The van der Waals surface area contributed by atoms with Crippen molar-refractivity contribution in [1.82, 2.24) is 9.78 Å². The highest BCUT2D eigenvalue weighted by molar-refractivity contribution is 6.30. The van der Waals surface area contributed by atoms with Gasteiger partial charge < -0.3 is 10.1 Å². The van der Waals surface area contributed by atoms with Gasteiger partial charge in [0.2, 0.25) is 0 Å². The molecule has 0 bridgehead atoms. The number of hydrogen-bond acceptors (Lipinski definition) is 3. The minimum Gasteiger partial charge on any atom is -0.435 e. The number of halogens is 3. The maximum atomic E-state index is 12.4. The number of ether oxygens (including phenoxy) is 1. The van der Waals surface area contributed by atoms with E-state index in [0.717, 1.165) is 29.6 Å². The zero-order chi connectivity index (χ0) is 21.8. The Balaban J connectivity index is 1.48. The molecule has 31 heavy (non-hydrogen) atoms. The molecule has 1 amide bonds. The molecule has 2 aromatic carbocycles. The van der Waals surface area contributed by atoms with Crippen LogP contribution in [0.25, 0.3) is 11.1 Å². The Morgan fingerprint density at radius 3 is 2.55 bits per heavy atom. The van der Waals surface area contributed by atoms with Gasteiger partial charge in [-0.25, -0.2) is 4.79 Å². The number of nitrogens with zero attached hydrogens (tertiary/aromatic N) is 2. The van der Waals surface area contributed by atoms with Crippen molar-refractivity contribution >= 4 is 34.5 Å². The number of amides is 1. The van der Waals surface area contributed by atoms with E-state index >= 15 is 0 Å². The van der Waals surface area contributed by atoms with E-state index in [-0.39, 0.29) is 11.8 Å². The van der Waals surface area contributed by atoms with Crippen LogP contribution >= 0.6 is 11.6 Å². The third kappa shape index (κ3) is 5.19. The number of rotatable bonds is 5. The number of anilines is 1. The van der Waals surface area contributed by atoms with Gasteiger partial charge in [-0.3, -0.25) is 0 Å². The molecule has 0 aliphatic heterocycles. The minimum atomic E-state index is -2.85. The van der Waals surface area contributed by atoms with Crippen LogP contribution < -0.4 is 10.1 Å². The molecular weight excluding hydrogens is 424 g/mol. The lowest BCUT2D eigenvalue weighted by Gasteiger charge is -2.14. The third-order valence-corrected chi connectivity index (χ3v) is 5.00. The molecule has 0 radical (unpaired) electrons. The Kier molecular flexibility index (Phi) is 6.13. The van der Waals surface area contributed by atoms with Crippen LogP contribution in [0.5, 0.6) is 5.75 Å². The van der Waals surface area contributed by atoms with Crippen molar-refractivity contribution in [2.75, 3.05) is 5.32 Å². The molecule has 1 aromatic heterocycles. The largest absolute Gasteiger partial charge is 0.435 e. The highest BCUT2D eigenvalue weighted by Gasteiger charge is 2.14. The number of alkyl halides is 2. The monoisotopic (exact) mass is 441 g/mol. The number of hydrogen-bond donors (Lipinski definition) is 1. The first-order valence-electron chi connectivity index (χ1n) is 9.57. The zero-order valence-electron chi connectivity index (χ0n) is 16.3.